The number of methoxy groups -OCH3 is 1. The van der Waals surface area contributed by atoms with Crippen LogP contribution in [-0.4, -0.2) is 31.8 Å². The topological polar surface area (TPSA) is 143 Å². The second kappa shape index (κ2) is 9.54. The van der Waals surface area contributed by atoms with Crippen molar-refractivity contribution in [2.45, 2.75) is 4.90 Å². The predicted molar refractivity (Wildman–Crippen MR) is 121 cm³/mol. The molecule has 0 radical (unpaired) electrons. The number of nitro groups is 1. The summed E-state index contributed by atoms with van der Waals surface area (Å²) < 4.78 is 32.5. The van der Waals surface area contributed by atoms with Crippen LogP contribution < -0.4 is 14.9 Å². The Morgan fingerprint density at radius 1 is 1.12 bits per heavy atom. The molecule has 0 aliphatic rings. The molecule has 3 aromatic rings. The summed E-state index contributed by atoms with van der Waals surface area (Å²) in [6, 6.07) is 13.9. The molecule has 3 N–H and O–H groups in total. The summed E-state index contributed by atoms with van der Waals surface area (Å²) in [6.07, 6.45) is 1.33. The van der Waals surface area contributed by atoms with Crippen LogP contribution in [0.1, 0.15) is 5.56 Å². The van der Waals surface area contributed by atoms with Gasteiger partial charge in [0.2, 0.25) is 0 Å². The van der Waals surface area contributed by atoms with Crippen LogP contribution in [0.25, 0.3) is 0 Å². The van der Waals surface area contributed by atoms with Crippen LogP contribution in [0.2, 0.25) is 5.02 Å². The molecule has 0 aliphatic heterocycles. The van der Waals surface area contributed by atoms with E-state index in [0.29, 0.717) is 10.6 Å². The normalized spacial score (nSPS) is 11.3. The molecule has 166 valence electrons. The van der Waals surface area contributed by atoms with E-state index in [2.05, 4.69) is 15.2 Å². The molecular formula is C20H17ClN4O6S. The average molecular weight is 477 g/mol. The quantitative estimate of drug-likeness (QED) is 0.251. The summed E-state index contributed by atoms with van der Waals surface area (Å²) in [5.41, 5.74) is 2.76. The molecule has 0 unspecified atom stereocenters. The molecule has 0 aromatic heterocycles. The molecule has 0 atom stereocenters. The van der Waals surface area contributed by atoms with Crippen LogP contribution in [0.5, 0.6) is 11.5 Å². The first-order valence-electron chi connectivity index (χ1n) is 8.92. The lowest BCUT2D eigenvalue weighted by molar-refractivity contribution is -0.384. The molecule has 12 heteroatoms. The van der Waals surface area contributed by atoms with Crippen molar-refractivity contribution < 1.29 is 23.2 Å². The van der Waals surface area contributed by atoms with Crippen molar-refractivity contribution in [3.63, 3.8) is 0 Å². The van der Waals surface area contributed by atoms with Gasteiger partial charge >= 0.3 is 0 Å². The van der Waals surface area contributed by atoms with Crippen LogP contribution in [-0.2, 0) is 10.0 Å². The number of ether oxygens (including phenoxy) is 1. The van der Waals surface area contributed by atoms with Gasteiger partial charge in [-0.05, 0) is 60.2 Å². The molecule has 3 aromatic carbocycles. The Hall–Kier alpha value is -3.83. The van der Waals surface area contributed by atoms with Crippen LogP contribution in [0.15, 0.2) is 70.7 Å². The van der Waals surface area contributed by atoms with Gasteiger partial charge in [-0.15, -0.1) is 0 Å². The monoisotopic (exact) mass is 476 g/mol. The minimum absolute atomic E-state index is 0.0190. The summed E-state index contributed by atoms with van der Waals surface area (Å²) >= 11 is 5.79. The van der Waals surface area contributed by atoms with E-state index in [1.807, 2.05) is 0 Å². The molecule has 10 nitrogen and oxygen atoms in total. The van der Waals surface area contributed by atoms with E-state index in [1.54, 1.807) is 6.07 Å². The van der Waals surface area contributed by atoms with E-state index in [1.165, 1.54) is 61.9 Å². The molecule has 3 rings (SSSR count). The first-order valence-corrected chi connectivity index (χ1v) is 10.8. The zero-order chi connectivity index (χ0) is 23.3. The average Bonchev–Trinajstić information content (AvgIpc) is 2.75. The van der Waals surface area contributed by atoms with Gasteiger partial charge < -0.3 is 9.84 Å². The first kappa shape index (κ1) is 22.8. The lowest BCUT2D eigenvalue weighted by Gasteiger charge is -2.09. The SMILES string of the molecule is COc1ccc(/C=N\Nc2ccc(S(=O)(=O)Nc3ccc(Cl)cc3)cc2[N+](=O)[O-])cc1O. The maximum Gasteiger partial charge on any atom is 0.295 e. The Morgan fingerprint density at radius 2 is 1.84 bits per heavy atom. The number of anilines is 2. The lowest BCUT2D eigenvalue weighted by atomic mass is 10.2. The Balaban J connectivity index is 1.82. The number of halogens is 1. The number of benzene rings is 3. The standard InChI is InChI=1S/C20H17ClN4O6S/c1-31-20-9-2-13(10-19(20)26)12-22-23-17-8-7-16(11-18(17)25(27)28)32(29,30)24-15-5-3-14(21)4-6-15/h2-12,23-24,26H,1H3/b22-12-. The fraction of sp³-hybridized carbons (Fsp3) is 0.0500. The number of nitrogens with one attached hydrogen (secondary N) is 2. The van der Waals surface area contributed by atoms with E-state index in [0.717, 1.165) is 6.07 Å². The molecule has 0 bridgehead atoms. The van der Waals surface area contributed by atoms with Gasteiger partial charge in [0.25, 0.3) is 15.7 Å². The Labute approximate surface area is 188 Å². The highest BCUT2D eigenvalue weighted by molar-refractivity contribution is 7.92. The summed E-state index contributed by atoms with van der Waals surface area (Å²) in [5.74, 6) is 0.194. The molecule has 0 fully saturated rings. The number of phenols is 1. The van der Waals surface area contributed by atoms with Crippen molar-refractivity contribution in [3.05, 3.63) is 81.4 Å². The second-order valence-corrected chi connectivity index (χ2v) is 8.47. The van der Waals surface area contributed by atoms with E-state index in [-0.39, 0.29) is 27.8 Å². The highest BCUT2D eigenvalue weighted by atomic mass is 35.5. The number of hydrogen-bond acceptors (Lipinski definition) is 8. The second-order valence-electron chi connectivity index (χ2n) is 6.35. The van der Waals surface area contributed by atoms with Crippen molar-refractivity contribution in [1.82, 2.24) is 0 Å². The minimum Gasteiger partial charge on any atom is -0.504 e. The zero-order valence-electron chi connectivity index (χ0n) is 16.5. The van der Waals surface area contributed by atoms with Gasteiger partial charge in [-0.25, -0.2) is 8.42 Å². The Bertz CT molecular complexity index is 1280. The number of nitro benzene ring substituents is 1. The van der Waals surface area contributed by atoms with E-state index >= 15 is 0 Å². The van der Waals surface area contributed by atoms with Gasteiger partial charge in [-0.1, -0.05) is 11.6 Å². The van der Waals surface area contributed by atoms with Crippen LogP contribution >= 0.6 is 11.6 Å². The van der Waals surface area contributed by atoms with Crippen molar-refractivity contribution in [3.8, 4) is 11.5 Å². The Kier molecular flexibility index (Phi) is 6.81. The molecule has 0 spiro atoms. The minimum atomic E-state index is -4.08. The molecule has 0 saturated carbocycles. The fourth-order valence-corrected chi connectivity index (χ4v) is 3.82. The zero-order valence-corrected chi connectivity index (χ0v) is 18.1. The third-order valence-corrected chi connectivity index (χ3v) is 5.81. The maximum absolute atomic E-state index is 12.6. The molecule has 0 aliphatic carbocycles. The third-order valence-electron chi connectivity index (χ3n) is 4.17. The van der Waals surface area contributed by atoms with Crippen molar-refractivity contribution in [2.75, 3.05) is 17.3 Å². The maximum atomic E-state index is 12.6. The van der Waals surface area contributed by atoms with Gasteiger partial charge in [0.1, 0.15) is 5.69 Å². The van der Waals surface area contributed by atoms with Gasteiger partial charge in [-0.3, -0.25) is 20.3 Å². The van der Waals surface area contributed by atoms with Gasteiger partial charge in [0.15, 0.2) is 11.5 Å². The smallest absolute Gasteiger partial charge is 0.295 e. The van der Waals surface area contributed by atoms with Crippen molar-refractivity contribution in [2.24, 2.45) is 5.10 Å². The van der Waals surface area contributed by atoms with Crippen molar-refractivity contribution in [1.29, 1.82) is 0 Å². The van der Waals surface area contributed by atoms with Gasteiger partial charge in [0, 0.05) is 16.8 Å². The van der Waals surface area contributed by atoms with Gasteiger partial charge in [-0.2, -0.15) is 5.10 Å². The number of hydrazone groups is 1. The summed E-state index contributed by atoms with van der Waals surface area (Å²) in [7, 11) is -2.66. The number of sulfonamides is 1. The summed E-state index contributed by atoms with van der Waals surface area (Å²) in [5, 5.41) is 25.6. The summed E-state index contributed by atoms with van der Waals surface area (Å²) in [6.45, 7) is 0. The van der Waals surface area contributed by atoms with Crippen LogP contribution in [0, 0.1) is 10.1 Å². The Morgan fingerprint density at radius 3 is 2.47 bits per heavy atom. The number of phenolic OH excluding ortho intramolecular Hbond substituents is 1. The lowest BCUT2D eigenvalue weighted by Crippen LogP contribution is -2.13. The first-order chi connectivity index (χ1) is 15.2. The van der Waals surface area contributed by atoms with Crippen LogP contribution in [0.4, 0.5) is 17.1 Å². The van der Waals surface area contributed by atoms with Crippen LogP contribution in [0.3, 0.4) is 0 Å². The molecular weight excluding hydrogens is 460 g/mol. The van der Waals surface area contributed by atoms with E-state index < -0.39 is 20.6 Å². The highest BCUT2D eigenvalue weighted by Crippen LogP contribution is 2.29. The third kappa shape index (κ3) is 5.45. The largest absolute Gasteiger partial charge is 0.504 e. The fourth-order valence-electron chi connectivity index (χ4n) is 2.62. The number of aromatic hydroxyl groups is 1. The van der Waals surface area contributed by atoms with Crippen molar-refractivity contribution >= 4 is 44.9 Å². The summed E-state index contributed by atoms with van der Waals surface area (Å²) in [4.78, 5) is 10.5. The predicted octanol–water partition coefficient (Wildman–Crippen LogP) is 4.21. The molecule has 0 amide bonds. The number of hydrogen-bond donors (Lipinski definition) is 3. The molecule has 32 heavy (non-hydrogen) atoms. The molecule has 0 saturated heterocycles. The van der Waals surface area contributed by atoms with E-state index in [9.17, 15) is 23.6 Å². The van der Waals surface area contributed by atoms with E-state index in [4.69, 9.17) is 16.3 Å². The van der Waals surface area contributed by atoms with Gasteiger partial charge in [0.05, 0.1) is 23.1 Å². The number of nitrogens with zero attached hydrogens (tertiary/aromatic N) is 2. The highest BCUT2D eigenvalue weighted by Gasteiger charge is 2.21. The number of rotatable bonds is 8. The molecule has 0 heterocycles.